The maximum Gasteiger partial charge on any atom is 0.226 e. The molecule has 2 heterocycles. The van der Waals surface area contributed by atoms with E-state index in [4.69, 9.17) is 4.74 Å². The lowest BCUT2D eigenvalue weighted by Crippen LogP contribution is -2.51. The Morgan fingerprint density at radius 1 is 0.941 bits per heavy atom. The van der Waals surface area contributed by atoms with Crippen LogP contribution in [0.5, 0.6) is 0 Å². The second-order valence-corrected chi connectivity index (χ2v) is 8.46. The molecule has 2 aromatic carbocycles. The molecule has 1 aromatic heterocycles. The fourth-order valence-electron chi connectivity index (χ4n) is 4.19. The number of rotatable bonds is 8. The zero-order chi connectivity index (χ0) is 23.8. The molecule has 7 nitrogen and oxygen atoms in total. The molecule has 0 spiro atoms. The molecule has 0 bridgehead atoms. The van der Waals surface area contributed by atoms with E-state index in [0.717, 1.165) is 22.4 Å². The van der Waals surface area contributed by atoms with Crippen molar-refractivity contribution in [3.63, 3.8) is 0 Å². The first-order chi connectivity index (χ1) is 16.6. The average Bonchev–Trinajstić information content (AvgIpc) is 2.86. The normalized spacial score (nSPS) is 19.9. The van der Waals surface area contributed by atoms with Gasteiger partial charge in [-0.1, -0.05) is 48.5 Å². The van der Waals surface area contributed by atoms with Gasteiger partial charge in [-0.05, 0) is 47.7 Å². The summed E-state index contributed by atoms with van der Waals surface area (Å²) in [5.74, 6) is -0.289. The number of hydrogen-bond acceptors (Lipinski definition) is 5. The van der Waals surface area contributed by atoms with Crippen molar-refractivity contribution in [3.05, 3.63) is 84.7 Å². The van der Waals surface area contributed by atoms with Gasteiger partial charge in [0.05, 0.1) is 31.6 Å². The number of nitrogens with zero attached hydrogens (tertiary/aromatic N) is 1. The summed E-state index contributed by atoms with van der Waals surface area (Å²) < 4.78 is 5.95. The molecule has 3 atom stereocenters. The molecule has 1 aliphatic heterocycles. The SMILES string of the molecule is O=C(C[C@@H]1CC[C@H](NC(=O)Cc2cccnc2)[C@@H](CO)O1)Nc1ccc(-c2ccccc2)cc1. The summed E-state index contributed by atoms with van der Waals surface area (Å²) >= 11 is 0. The smallest absolute Gasteiger partial charge is 0.226 e. The number of carbonyl (C=O) groups is 2. The van der Waals surface area contributed by atoms with Crippen LogP contribution in [0.3, 0.4) is 0 Å². The monoisotopic (exact) mass is 459 g/mol. The van der Waals surface area contributed by atoms with Crippen molar-refractivity contribution < 1.29 is 19.4 Å². The molecule has 176 valence electrons. The zero-order valence-electron chi connectivity index (χ0n) is 18.9. The number of aliphatic hydroxyl groups is 1. The molecule has 1 aliphatic rings. The van der Waals surface area contributed by atoms with E-state index in [-0.39, 0.29) is 43.4 Å². The second kappa shape index (κ2) is 11.5. The Morgan fingerprint density at radius 3 is 2.41 bits per heavy atom. The van der Waals surface area contributed by atoms with E-state index in [1.54, 1.807) is 18.5 Å². The van der Waals surface area contributed by atoms with Crippen molar-refractivity contribution in [3.8, 4) is 11.1 Å². The summed E-state index contributed by atoms with van der Waals surface area (Å²) in [6, 6.07) is 21.1. The summed E-state index contributed by atoms with van der Waals surface area (Å²) in [6.45, 7) is -0.225. The number of carbonyl (C=O) groups excluding carboxylic acids is 2. The predicted molar refractivity (Wildman–Crippen MR) is 130 cm³/mol. The quantitative estimate of drug-likeness (QED) is 0.480. The fourth-order valence-corrected chi connectivity index (χ4v) is 4.19. The molecule has 4 rings (SSSR count). The van der Waals surface area contributed by atoms with E-state index in [0.29, 0.717) is 12.8 Å². The van der Waals surface area contributed by atoms with Crippen molar-refractivity contribution >= 4 is 17.5 Å². The predicted octanol–water partition coefficient (Wildman–Crippen LogP) is 3.34. The molecule has 0 saturated carbocycles. The van der Waals surface area contributed by atoms with Gasteiger partial charge in [0.15, 0.2) is 0 Å². The van der Waals surface area contributed by atoms with E-state index < -0.39 is 6.10 Å². The number of hydrogen-bond donors (Lipinski definition) is 3. The maximum atomic E-state index is 12.6. The van der Waals surface area contributed by atoms with E-state index in [9.17, 15) is 14.7 Å². The first-order valence-electron chi connectivity index (χ1n) is 11.5. The van der Waals surface area contributed by atoms with Gasteiger partial charge < -0.3 is 20.5 Å². The third-order valence-corrected chi connectivity index (χ3v) is 5.92. The summed E-state index contributed by atoms with van der Waals surface area (Å²) in [5.41, 5.74) is 3.74. The highest BCUT2D eigenvalue weighted by Crippen LogP contribution is 2.24. The van der Waals surface area contributed by atoms with Gasteiger partial charge in [0.1, 0.15) is 6.10 Å². The number of pyridine rings is 1. The summed E-state index contributed by atoms with van der Waals surface area (Å²) in [5, 5.41) is 15.6. The lowest BCUT2D eigenvalue weighted by atomic mass is 9.96. The second-order valence-electron chi connectivity index (χ2n) is 8.46. The van der Waals surface area contributed by atoms with E-state index >= 15 is 0 Å². The Labute approximate surface area is 199 Å². The van der Waals surface area contributed by atoms with Crippen LogP contribution in [0.25, 0.3) is 11.1 Å². The van der Waals surface area contributed by atoms with Gasteiger partial charge in [-0.25, -0.2) is 0 Å². The van der Waals surface area contributed by atoms with Crippen molar-refractivity contribution in [2.75, 3.05) is 11.9 Å². The van der Waals surface area contributed by atoms with E-state index in [1.807, 2.05) is 60.7 Å². The summed E-state index contributed by atoms with van der Waals surface area (Å²) in [7, 11) is 0. The van der Waals surface area contributed by atoms with Crippen LogP contribution in [0.15, 0.2) is 79.1 Å². The number of amides is 2. The largest absolute Gasteiger partial charge is 0.394 e. The Morgan fingerprint density at radius 2 is 1.71 bits per heavy atom. The van der Waals surface area contributed by atoms with Crippen LogP contribution >= 0.6 is 0 Å². The minimum absolute atomic E-state index is 0.143. The molecular weight excluding hydrogens is 430 g/mol. The molecule has 0 unspecified atom stereocenters. The zero-order valence-corrected chi connectivity index (χ0v) is 18.9. The molecular formula is C27H29N3O4. The minimum Gasteiger partial charge on any atom is -0.394 e. The molecule has 0 aliphatic carbocycles. The van der Waals surface area contributed by atoms with E-state index in [2.05, 4.69) is 15.6 Å². The molecule has 1 fully saturated rings. The molecule has 7 heteroatoms. The standard InChI is InChI=1S/C27H29N3O4/c31-18-25-24(30-26(32)15-19-5-4-14-28-17-19)13-12-23(34-25)16-27(33)29-22-10-8-21(9-11-22)20-6-2-1-3-7-20/h1-11,14,17,23-25,31H,12-13,15-16,18H2,(H,29,33)(H,30,32)/t23-,24-,25+/m0/s1. The topological polar surface area (TPSA) is 101 Å². The van der Waals surface area contributed by atoms with Gasteiger partial charge in [-0.3, -0.25) is 14.6 Å². The molecule has 3 N–H and O–H groups in total. The molecule has 2 amide bonds. The lowest BCUT2D eigenvalue weighted by Gasteiger charge is -2.36. The number of aliphatic hydroxyl groups excluding tert-OH is 1. The van der Waals surface area contributed by atoms with Crippen LogP contribution in [0.4, 0.5) is 5.69 Å². The molecule has 3 aromatic rings. The Hall–Kier alpha value is -3.55. The van der Waals surface area contributed by atoms with Gasteiger partial charge in [0.25, 0.3) is 0 Å². The number of anilines is 1. The third kappa shape index (κ3) is 6.50. The van der Waals surface area contributed by atoms with Crippen molar-refractivity contribution in [1.29, 1.82) is 0 Å². The number of nitrogens with one attached hydrogen (secondary N) is 2. The summed E-state index contributed by atoms with van der Waals surface area (Å²) in [6.07, 6.45) is 4.12. The van der Waals surface area contributed by atoms with Crippen molar-refractivity contribution in [2.45, 2.75) is 43.9 Å². The van der Waals surface area contributed by atoms with Gasteiger partial charge >= 0.3 is 0 Å². The Bertz CT molecular complexity index is 1070. The highest BCUT2D eigenvalue weighted by Gasteiger charge is 2.32. The number of benzene rings is 2. The summed E-state index contributed by atoms with van der Waals surface area (Å²) in [4.78, 5) is 29.0. The van der Waals surface area contributed by atoms with Crippen LogP contribution in [0, 0.1) is 0 Å². The first-order valence-corrected chi connectivity index (χ1v) is 11.5. The van der Waals surface area contributed by atoms with Crippen LogP contribution in [-0.2, 0) is 20.7 Å². The Balaban J connectivity index is 1.25. The van der Waals surface area contributed by atoms with Crippen LogP contribution in [0.2, 0.25) is 0 Å². The lowest BCUT2D eigenvalue weighted by molar-refractivity contribution is -0.133. The fraction of sp³-hybridized carbons (Fsp3) is 0.296. The molecule has 0 radical (unpaired) electrons. The van der Waals surface area contributed by atoms with Crippen molar-refractivity contribution in [2.24, 2.45) is 0 Å². The number of ether oxygens (including phenoxy) is 1. The molecule has 1 saturated heterocycles. The van der Waals surface area contributed by atoms with Gasteiger partial charge in [-0.15, -0.1) is 0 Å². The number of aromatic nitrogens is 1. The highest BCUT2D eigenvalue weighted by molar-refractivity contribution is 5.91. The third-order valence-electron chi connectivity index (χ3n) is 5.92. The minimum atomic E-state index is -0.547. The maximum absolute atomic E-state index is 12.6. The van der Waals surface area contributed by atoms with Gasteiger partial charge in [0.2, 0.25) is 11.8 Å². The average molecular weight is 460 g/mol. The van der Waals surface area contributed by atoms with Crippen LogP contribution in [0.1, 0.15) is 24.8 Å². The van der Waals surface area contributed by atoms with E-state index in [1.165, 1.54) is 0 Å². The van der Waals surface area contributed by atoms with Crippen LogP contribution in [-0.4, -0.2) is 46.8 Å². The van der Waals surface area contributed by atoms with Gasteiger partial charge in [-0.2, -0.15) is 0 Å². The first kappa shape index (κ1) is 23.6. The highest BCUT2D eigenvalue weighted by atomic mass is 16.5. The molecule has 34 heavy (non-hydrogen) atoms. The van der Waals surface area contributed by atoms with Crippen LogP contribution < -0.4 is 10.6 Å². The Kier molecular flexibility index (Phi) is 8.01. The van der Waals surface area contributed by atoms with Gasteiger partial charge in [0, 0.05) is 18.1 Å². The van der Waals surface area contributed by atoms with Crippen molar-refractivity contribution in [1.82, 2.24) is 10.3 Å².